The molecule has 32 heavy (non-hydrogen) atoms. The summed E-state index contributed by atoms with van der Waals surface area (Å²) in [5.74, 6) is 2.06. The second-order valence-electron chi connectivity index (χ2n) is 7.33. The molecular weight excluding hydrogens is 424 g/mol. The van der Waals surface area contributed by atoms with Crippen LogP contribution in [0.3, 0.4) is 0 Å². The van der Waals surface area contributed by atoms with Gasteiger partial charge in [0.25, 0.3) is 0 Å². The fraction of sp³-hybridized carbons (Fsp3) is 0.292. The highest BCUT2D eigenvalue weighted by atomic mass is 32.2. The zero-order valence-corrected chi connectivity index (χ0v) is 19.7. The number of allylic oxidation sites excluding steroid dienone is 1. The van der Waals surface area contributed by atoms with Gasteiger partial charge in [0.1, 0.15) is 6.61 Å². The third-order valence-electron chi connectivity index (χ3n) is 4.99. The van der Waals surface area contributed by atoms with Crippen LogP contribution in [0, 0.1) is 20.8 Å². The Kier molecular flexibility index (Phi) is 7.94. The van der Waals surface area contributed by atoms with Crippen molar-refractivity contribution in [2.45, 2.75) is 39.1 Å². The minimum Gasteiger partial charge on any atom is -0.493 e. The summed E-state index contributed by atoms with van der Waals surface area (Å²) in [5.41, 5.74) is 4.11. The summed E-state index contributed by atoms with van der Waals surface area (Å²) in [6, 6.07) is 11.6. The molecule has 8 heteroatoms. The molecule has 0 radical (unpaired) electrons. The molecular formula is C24H28N4O3S. The van der Waals surface area contributed by atoms with E-state index in [4.69, 9.17) is 9.47 Å². The molecule has 0 aliphatic rings. The summed E-state index contributed by atoms with van der Waals surface area (Å²) in [7, 11) is 1.61. The maximum atomic E-state index is 12.5. The quantitative estimate of drug-likeness (QED) is 0.355. The van der Waals surface area contributed by atoms with Gasteiger partial charge in [-0.05, 0) is 55.7 Å². The molecule has 7 nitrogen and oxygen atoms in total. The van der Waals surface area contributed by atoms with Gasteiger partial charge < -0.3 is 14.8 Å². The third-order valence-corrected chi connectivity index (χ3v) is 5.96. The molecule has 0 atom stereocenters. The van der Waals surface area contributed by atoms with Crippen molar-refractivity contribution in [1.29, 1.82) is 0 Å². The van der Waals surface area contributed by atoms with Crippen molar-refractivity contribution in [3.05, 3.63) is 71.6 Å². The summed E-state index contributed by atoms with van der Waals surface area (Å²) >= 11 is 1.33. The molecule has 0 saturated carbocycles. The lowest BCUT2D eigenvalue weighted by Crippen LogP contribution is -2.16. The number of hydrogen-bond acceptors (Lipinski definition) is 6. The van der Waals surface area contributed by atoms with Crippen LogP contribution in [0.5, 0.6) is 11.5 Å². The highest BCUT2D eigenvalue weighted by Crippen LogP contribution is 2.29. The minimum absolute atomic E-state index is 0.0981. The number of anilines is 1. The number of aromatic nitrogens is 3. The normalized spacial score (nSPS) is 10.6. The average molecular weight is 453 g/mol. The van der Waals surface area contributed by atoms with Gasteiger partial charge in [-0.15, -0.1) is 16.8 Å². The van der Waals surface area contributed by atoms with E-state index in [1.165, 1.54) is 11.8 Å². The first-order chi connectivity index (χ1) is 15.4. The van der Waals surface area contributed by atoms with Crippen molar-refractivity contribution >= 4 is 23.4 Å². The minimum atomic E-state index is -0.0981. The lowest BCUT2D eigenvalue weighted by Gasteiger charge is -2.12. The molecule has 1 heterocycles. The number of carbonyl (C=O) groups excluding carboxylic acids is 1. The van der Waals surface area contributed by atoms with E-state index in [0.717, 1.165) is 22.4 Å². The molecule has 3 aromatic rings. The number of ether oxygens (including phenoxy) is 2. The Balaban J connectivity index is 1.66. The van der Waals surface area contributed by atoms with Crippen LogP contribution in [0.1, 0.15) is 22.5 Å². The standard InChI is InChI=1S/C24H28N4O3S/c1-6-12-28-22(14-31-20-11-10-16(2)13-21(20)30-5)26-27-24(28)32-15-23(29)25-19-9-7-8-17(3)18(19)4/h6-11,13H,1,12,14-15H2,2-5H3,(H,25,29). The van der Waals surface area contributed by atoms with Gasteiger partial charge >= 0.3 is 0 Å². The Morgan fingerprint density at radius 2 is 2.00 bits per heavy atom. The number of hydrogen-bond donors (Lipinski definition) is 1. The molecule has 1 aromatic heterocycles. The molecule has 1 amide bonds. The maximum absolute atomic E-state index is 12.5. The van der Waals surface area contributed by atoms with Gasteiger partial charge in [0.15, 0.2) is 22.5 Å². The van der Waals surface area contributed by atoms with E-state index < -0.39 is 0 Å². The van der Waals surface area contributed by atoms with Crippen molar-refractivity contribution in [3.63, 3.8) is 0 Å². The van der Waals surface area contributed by atoms with Crippen LogP contribution in [0.15, 0.2) is 54.2 Å². The molecule has 1 N–H and O–H groups in total. The monoisotopic (exact) mass is 452 g/mol. The second kappa shape index (κ2) is 10.9. The lowest BCUT2D eigenvalue weighted by atomic mass is 10.1. The molecule has 3 rings (SSSR count). The molecule has 0 aliphatic heterocycles. The zero-order chi connectivity index (χ0) is 23.1. The smallest absolute Gasteiger partial charge is 0.234 e. The Morgan fingerprint density at radius 1 is 1.19 bits per heavy atom. The van der Waals surface area contributed by atoms with E-state index in [0.29, 0.717) is 29.0 Å². The van der Waals surface area contributed by atoms with Crippen LogP contribution in [-0.2, 0) is 17.9 Å². The summed E-state index contributed by atoms with van der Waals surface area (Å²) in [4.78, 5) is 12.5. The van der Waals surface area contributed by atoms with Crippen molar-refractivity contribution in [2.75, 3.05) is 18.2 Å². The van der Waals surface area contributed by atoms with E-state index in [-0.39, 0.29) is 18.3 Å². The molecule has 0 spiro atoms. The number of benzene rings is 2. The first-order valence-corrected chi connectivity index (χ1v) is 11.2. The predicted octanol–water partition coefficient (Wildman–Crippen LogP) is 4.71. The Hall–Kier alpha value is -3.26. The molecule has 168 valence electrons. The molecule has 0 aliphatic carbocycles. The number of methoxy groups -OCH3 is 1. The number of carbonyl (C=O) groups is 1. The topological polar surface area (TPSA) is 78.3 Å². The van der Waals surface area contributed by atoms with Crippen LogP contribution in [0.25, 0.3) is 0 Å². The molecule has 0 fully saturated rings. The van der Waals surface area contributed by atoms with Crippen LogP contribution < -0.4 is 14.8 Å². The van der Waals surface area contributed by atoms with Crippen molar-refractivity contribution < 1.29 is 14.3 Å². The summed E-state index contributed by atoms with van der Waals surface area (Å²) in [6.07, 6.45) is 1.76. The Bertz CT molecular complexity index is 1110. The van der Waals surface area contributed by atoms with Crippen molar-refractivity contribution in [2.24, 2.45) is 0 Å². The fourth-order valence-electron chi connectivity index (χ4n) is 3.08. The predicted molar refractivity (Wildman–Crippen MR) is 128 cm³/mol. The third kappa shape index (κ3) is 5.70. The van der Waals surface area contributed by atoms with E-state index in [1.807, 2.05) is 61.7 Å². The van der Waals surface area contributed by atoms with Crippen molar-refractivity contribution in [1.82, 2.24) is 14.8 Å². The maximum Gasteiger partial charge on any atom is 0.234 e. The first-order valence-electron chi connectivity index (χ1n) is 10.2. The summed E-state index contributed by atoms with van der Waals surface area (Å²) in [5, 5.41) is 12.1. The number of rotatable bonds is 10. The number of nitrogens with one attached hydrogen (secondary N) is 1. The van der Waals surface area contributed by atoms with Gasteiger partial charge in [-0.1, -0.05) is 36.0 Å². The zero-order valence-electron chi connectivity index (χ0n) is 18.8. The van der Waals surface area contributed by atoms with E-state index in [9.17, 15) is 4.79 Å². The second-order valence-corrected chi connectivity index (χ2v) is 8.27. The van der Waals surface area contributed by atoms with Crippen LogP contribution in [0.2, 0.25) is 0 Å². The molecule has 0 bridgehead atoms. The Morgan fingerprint density at radius 3 is 2.75 bits per heavy atom. The highest BCUT2D eigenvalue weighted by Gasteiger charge is 2.15. The largest absolute Gasteiger partial charge is 0.493 e. The Labute approximate surface area is 192 Å². The van der Waals surface area contributed by atoms with Crippen LogP contribution in [-0.4, -0.2) is 33.5 Å². The molecule has 2 aromatic carbocycles. The number of nitrogens with zero attached hydrogens (tertiary/aromatic N) is 3. The van der Waals surface area contributed by atoms with Gasteiger partial charge in [-0.3, -0.25) is 9.36 Å². The van der Waals surface area contributed by atoms with Gasteiger partial charge in [0.05, 0.1) is 12.9 Å². The van der Waals surface area contributed by atoms with Gasteiger partial charge in [0.2, 0.25) is 5.91 Å². The summed E-state index contributed by atoms with van der Waals surface area (Å²) < 4.78 is 13.2. The number of aryl methyl sites for hydroxylation is 2. The lowest BCUT2D eigenvalue weighted by molar-refractivity contribution is -0.113. The van der Waals surface area contributed by atoms with Crippen LogP contribution in [0.4, 0.5) is 5.69 Å². The van der Waals surface area contributed by atoms with E-state index >= 15 is 0 Å². The highest BCUT2D eigenvalue weighted by molar-refractivity contribution is 7.99. The fourth-order valence-corrected chi connectivity index (χ4v) is 3.85. The SMILES string of the molecule is C=CCn1c(COc2ccc(C)cc2OC)nnc1SCC(=O)Nc1cccc(C)c1C. The average Bonchev–Trinajstić information content (AvgIpc) is 3.16. The van der Waals surface area contributed by atoms with Crippen LogP contribution >= 0.6 is 11.8 Å². The number of thioether (sulfide) groups is 1. The molecule has 0 unspecified atom stereocenters. The van der Waals surface area contributed by atoms with Gasteiger partial charge in [-0.2, -0.15) is 0 Å². The van der Waals surface area contributed by atoms with Crippen molar-refractivity contribution in [3.8, 4) is 11.5 Å². The first kappa shape index (κ1) is 23.4. The van der Waals surface area contributed by atoms with Gasteiger partial charge in [0, 0.05) is 12.2 Å². The molecule has 0 saturated heterocycles. The summed E-state index contributed by atoms with van der Waals surface area (Å²) in [6.45, 7) is 10.6. The van der Waals surface area contributed by atoms with Gasteiger partial charge in [-0.25, -0.2) is 0 Å². The van der Waals surface area contributed by atoms with E-state index in [2.05, 4.69) is 22.1 Å². The van der Waals surface area contributed by atoms with E-state index in [1.54, 1.807) is 13.2 Å². The number of amides is 1.